The third kappa shape index (κ3) is 3.76. The number of rotatable bonds is 4. The molecular formula is C16H27N3O2. The first-order chi connectivity index (χ1) is 10.1. The van der Waals surface area contributed by atoms with Gasteiger partial charge in [0.2, 0.25) is 11.8 Å². The molecule has 2 heterocycles. The predicted molar refractivity (Wildman–Crippen MR) is 80.7 cm³/mol. The van der Waals surface area contributed by atoms with Crippen LogP contribution in [0.25, 0.3) is 0 Å². The molecule has 2 saturated heterocycles. The summed E-state index contributed by atoms with van der Waals surface area (Å²) in [6.45, 7) is 7.00. The molecule has 2 aliphatic heterocycles. The molecule has 0 unspecified atom stereocenters. The van der Waals surface area contributed by atoms with Gasteiger partial charge in [-0.2, -0.15) is 0 Å². The van der Waals surface area contributed by atoms with Gasteiger partial charge in [0.25, 0.3) is 0 Å². The number of carbonyl (C=O) groups excluding carboxylic acids is 2. The van der Waals surface area contributed by atoms with Crippen molar-refractivity contribution in [2.45, 2.75) is 39.0 Å². The summed E-state index contributed by atoms with van der Waals surface area (Å²) >= 11 is 0. The summed E-state index contributed by atoms with van der Waals surface area (Å²) in [5, 5.41) is 2.62. The molecule has 118 valence electrons. The smallest absolute Gasteiger partial charge is 0.241 e. The minimum absolute atomic E-state index is 0.0707. The van der Waals surface area contributed by atoms with E-state index >= 15 is 0 Å². The molecule has 21 heavy (non-hydrogen) atoms. The summed E-state index contributed by atoms with van der Waals surface area (Å²) in [6, 6.07) is 0. The average Bonchev–Trinajstić information content (AvgIpc) is 3.17. The monoisotopic (exact) mass is 293 g/mol. The van der Waals surface area contributed by atoms with Gasteiger partial charge in [-0.25, -0.2) is 0 Å². The van der Waals surface area contributed by atoms with E-state index in [0.29, 0.717) is 5.41 Å². The van der Waals surface area contributed by atoms with Gasteiger partial charge >= 0.3 is 0 Å². The predicted octanol–water partition coefficient (Wildman–Crippen LogP) is 0.847. The van der Waals surface area contributed by atoms with Gasteiger partial charge in [-0.05, 0) is 44.6 Å². The SMILES string of the molecule is CC(=O)NCC(=O)N1CC[C@@]2(CCCN(CC3CC3)C2)C1. The van der Waals surface area contributed by atoms with Crippen LogP contribution in [0.1, 0.15) is 39.0 Å². The molecule has 1 spiro atoms. The molecule has 3 fully saturated rings. The van der Waals surface area contributed by atoms with Gasteiger partial charge in [0.1, 0.15) is 0 Å². The highest BCUT2D eigenvalue weighted by Crippen LogP contribution is 2.40. The van der Waals surface area contributed by atoms with E-state index in [1.165, 1.54) is 45.7 Å². The quantitative estimate of drug-likeness (QED) is 0.836. The molecule has 1 saturated carbocycles. The number of amides is 2. The van der Waals surface area contributed by atoms with Crippen molar-refractivity contribution < 1.29 is 9.59 Å². The molecule has 3 rings (SSSR count). The van der Waals surface area contributed by atoms with Crippen molar-refractivity contribution in [1.82, 2.24) is 15.1 Å². The van der Waals surface area contributed by atoms with E-state index < -0.39 is 0 Å². The van der Waals surface area contributed by atoms with Crippen LogP contribution in [0, 0.1) is 11.3 Å². The number of nitrogens with one attached hydrogen (secondary N) is 1. The van der Waals surface area contributed by atoms with Gasteiger partial charge in [0.05, 0.1) is 6.54 Å². The van der Waals surface area contributed by atoms with Crippen LogP contribution in [0.3, 0.4) is 0 Å². The third-order valence-corrected chi connectivity index (χ3v) is 5.23. The lowest BCUT2D eigenvalue weighted by Crippen LogP contribution is -2.46. The maximum absolute atomic E-state index is 12.1. The first-order valence-corrected chi connectivity index (χ1v) is 8.31. The number of nitrogens with zero attached hydrogens (tertiary/aromatic N) is 2. The van der Waals surface area contributed by atoms with Crippen molar-refractivity contribution in [1.29, 1.82) is 0 Å². The molecule has 0 radical (unpaired) electrons. The van der Waals surface area contributed by atoms with Crippen molar-refractivity contribution in [2.24, 2.45) is 11.3 Å². The fourth-order valence-corrected chi connectivity index (χ4v) is 3.92. The fraction of sp³-hybridized carbons (Fsp3) is 0.875. The molecule has 0 bridgehead atoms. The van der Waals surface area contributed by atoms with Gasteiger partial charge in [0.15, 0.2) is 0 Å². The summed E-state index contributed by atoms with van der Waals surface area (Å²) in [5.41, 5.74) is 0.318. The third-order valence-electron chi connectivity index (χ3n) is 5.23. The van der Waals surface area contributed by atoms with Crippen LogP contribution in [0.4, 0.5) is 0 Å². The van der Waals surface area contributed by atoms with E-state index in [1.54, 1.807) is 0 Å². The van der Waals surface area contributed by atoms with Crippen LogP contribution in [-0.4, -0.2) is 60.9 Å². The zero-order valence-corrected chi connectivity index (χ0v) is 13.1. The minimum atomic E-state index is -0.134. The normalized spacial score (nSPS) is 29.9. The highest BCUT2D eigenvalue weighted by atomic mass is 16.2. The van der Waals surface area contributed by atoms with Crippen LogP contribution < -0.4 is 5.32 Å². The second-order valence-electron chi connectivity index (χ2n) is 7.26. The molecule has 1 atom stereocenters. The molecule has 3 aliphatic rings. The first kappa shape index (κ1) is 14.8. The Hall–Kier alpha value is -1.10. The molecule has 2 amide bonds. The number of hydrogen-bond acceptors (Lipinski definition) is 3. The largest absolute Gasteiger partial charge is 0.347 e. The van der Waals surface area contributed by atoms with Crippen LogP contribution >= 0.6 is 0 Å². The zero-order valence-electron chi connectivity index (χ0n) is 13.1. The molecular weight excluding hydrogens is 266 g/mol. The van der Waals surface area contributed by atoms with E-state index in [2.05, 4.69) is 10.2 Å². The Morgan fingerprint density at radius 2 is 2.00 bits per heavy atom. The van der Waals surface area contributed by atoms with Crippen molar-refractivity contribution in [3.8, 4) is 0 Å². The molecule has 0 aromatic rings. The number of carbonyl (C=O) groups is 2. The molecule has 5 heteroatoms. The summed E-state index contributed by atoms with van der Waals surface area (Å²) in [7, 11) is 0. The standard InChI is InChI=1S/C16H27N3O2/c1-13(20)17-9-15(21)19-8-6-16(12-19)5-2-7-18(11-16)10-14-3-4-14/h14H,2-12H2,1H3,(H,17,20)/t16-/m1/s1. The van der Waals surface area contributed by atoms with Crippen molar-refractivity contribution in [3.63, 3.8) is 0 Å². The maximum Gasteiger partial charge on any atom is 0.241 e. The average molecular weight is 293 g/mol. The highest BCUT2D eigenvalue weighted by Gasteiger charge is 2.43. The maximum atomic E-state index is 12.1. The summed E-state index contributed by atoms with van der Waals surface area (Å²) in [6.07, 6.45) is 6.45. The Morgan fingerprint density at radius 3 is 2.71 bits per heavy atom. The van der Waals surface area contributed by atoms with E-state index in [1.807, 2.05) is 4.90 Å². The number of piperidine rings is 1. The van der Waals surface area contributed by atoms with E-state index in [4.69, 9.17) is 0 Å². The Bertz CT molecular complexity index is 422. The lowest BCUT2D eigenvalue weighted by atomic mass is 9.79. The van der Waals surface area contributed by atoms with Crippen LogP contribution in [-0.2, 0) is 9.59 Å². The number of likely N-dealkylation sites (tertiary alicyclic amines) is 2. The van der Waals surface area contributed by atoms with Crippen LogP contribution in [0.15, 0.2) is 0 Å². The van der Waals surface area contributed by atoms with Crippen molar-refractivity contribution in [2.75, 3.05) is 39.3 Å². The van der Waals surface area contributed by atoms with E-state index in [-0.39, 0.29) is 18.4 Å². The van der Waals surface area contributed by atoms with Crippen molar-refractivity contribution in [3.05, 3.63) is 0 Å². The number of hydrogen-bond donors (Lipinski definition) is 1. The van der Waals surface area contributed by atoms with E-state index in [9.17, 15) is 9.59 Å². The van der Waals surface area contributed by atoms with Crippen LogP contribution in [0.5, 0.6) is 0 Å². The Morgan fingerprint density at radius 1 is 1.19 bits per heavy atom. The molecule has 5 nitrogen and oxygen atoms in total. The summed E-state index contributed by atoms with van der Waals surface area (Å²) < 4.78 is 0. The van der Waals surface area contributed by atoms with Gasteiger partial charge < -0.3 is 15.1 Å². The van der Waals surface area contributed by atoms with Gasteiger partial charge in [-0.1, -0.05) is 0 Å². The van der Waals surface area contributed by atoms with E-state index in [0.717, 1.165) is 32.0 Å². The minimum Gasteiger partial charge on any atom is -0.347 e. The highest BCUT2D eigenvalue weighted by molar-refractivity contribution is 5.83. The Balaban J connectivity index is 1.51. The van der Waals surface area contributed by atoms with Gasteiger partial charge in [-0.15, -0.1) is 0 Å². The fourth-order valence-electron chi connectivity index (χ4n) is 3.92. The zero-order chi connectivity index (χ0) is 14.9. The molecule has 0 aromatic carbocycles. The Kier molecular flexibility index (Phi) is 4.20. The Labute approximate surface area is 127 Å². The lowest BCUT2D eigenvalue weighted by molar-refractivity contribution is -0.132. The lowest BCUT2D eigenvalue weighted by Gasteiger charge is -2.40. The molecule has 1 N–H and O–H groups in total. The second kappa shape index (κ2) is 5.95. The van der Waals surface area contributed by atoms with Gasteiger partial charge in [0, 0.05) is 38.5 Å². The first-order valence-electron chi connectivity index (χ1n) is 8.31. The summed E-state index contributed by atoms with van der Waals surface area (Å²) in [5.74, 6) is 0.881. The second-order valence-corrected chi connectivity index (χ2v) is 7.26. The molecule has 0 aromatic heterocycles. The topological polar surface area (TPSA) is 52.7 Å². The summed E-state index contributed by atoms with van der Waals surface area (Å²) in [4.78, 5) is 27.6. The van der Waals surface area contributed by atoms with Crippen LogP contribution in [0.2, 0.25) is 0 Å². The van der Waals surface area contributed by atoms with Crippen molar-refractivity contribution >= 4 is 11.8 Å². The van der Waals surface area contributed by atoms with Gasteiger partial charge in [-0.3, -0.25) is 9.59 Å². The molecule has 1 aliphatic carbocycles.